The first kappa shape index (κ1) is 20.0. The fourth-order valence-electron chi connectivity index (χ4n) is 3.62. The molecular weight excluding hydrogens is 378 g/mol. The molecule has 1 aliphatic rings. The summed E-state index contributed by atoms with van der Waals surface area (Å²) >= 11 is 0. The van der Waals surface area contributed by atoms with E-state index < -0.39 is 5.97 Å². The Bertz CT molecular complexity index is 975. The highest BCUT2D eigenvalue weighted by atomic mass is 16.5. The summed E-state index contributed by atoms with van der Waals surface area (Å²) in [7, 11) is 0. The first-order chi connectivity index (χ1) is 14.7. The van der Waals surface area contributed by atoms with E-state index in [2.05, 4.69) is 5.32 Å². The number of benzene rings is 3. The summed E-state index contributed by atoms with van der Waals surface area (Å²) in [6.45, 7) is 1.36. The molecule has 0 radical (unpaired) electrons. The van der Waals surface area contributed by atoms with E-state index in [9.17, 15) is 9.90 Å². The van der Waals surface area contributed by atoms with E-state index in [1.54, 1.807) is 0 Å². The molecule has 1 heterocycles. The number of ether oxygens (including phenoxy) is 2. The Labute approximate surface area is 176 Å². The lowest BCUT2D eigenvalue weighted by molar-refractivity contribution is -0.141. The number of carbonyl (C=O) groups is 1. The van der Waals surface area contributed by atoms with Gasteiger partial charge in [0.15, 0.2) is 11.5 Å². The predicted molar refractivity (Wildman–Crippen MR) is 114 cm³/mol. The van der Waals surface area contributed by atoms with Crippen LogP contribution in [0.5, 0.6) is 11.5 Å². The molecule has 30 heavy (non-hydrogen) atoms. The zero-order valence-electron chi connectivity index (χ0n) is 16.7. The van der Waals surface area contributed by atoms with Gasteiger partial charge in [0.1, 0.15) is 13.2 Å². The topological polar surface area (TPSA) is 67.8 Å². The molecule has 2 atom stereocenters. The van der Waals surface area contributed by atoms with E-state index in [1.165, 1.54) is 0 Å². The Kier molecular flexibility index (Phi) is 6.30. The van der Waals surface area contributed by atoms with Gasteiger partial charge in [-0.3, -0.25) is 4.79 Å². The number of rotatable bonds is 8. The van der Waals surface area contributed by atoms with Gasteiger partial charge < -0.3 is 19.9 Å². The second kappa shape index (κ2) is 9.46. The lowest BCUT2D eigenvalue weighted by atomic mass is 10.00. The molecule has 0 spiro atoms. The summed E-state index contributed by atoms with van der Waals surface area (Å²) in [5, 5.41) is 12.6. The highest BCUT2D eigenvalue weighted by Crippen LogP contribution is 2.35. The van der Waals surface area contributed by atoms with Crippen LogP contribution in [0.1, 0.15) is 29.2 Å². The summed E-state index contributed by atoms with van der Waals surface area (Å²) in [6, 6.07) is 25.8. The van der Waals surface area contributed by atoms with Crippen molar-refractivity contribution >= 4 is 5.97 Å². The van der Waals surface area contributed by atoms with Crippen LogP contribution < -0.4 is 14.8 Å². The van der Waals surface area contributed by atoms with Crippen LogP contribution in [-0.2, 0) is 18.0 Å². The van der Waals surface area contributed by atoms with Gasteiger partial charge in [-0.1, -0.05) is 66.7 Å². The van der Waals surface area contributed by atoms with Gasteiger partial charge in [0.05, 0.1) is 5.92 Å². The standard InChI is InChI=1S/C25H25NO4/c27-25(28)21-13-22(26-15-21)20-11-12-23(29-16-18-7-3-1-4-8-18)24(14-20)30-17-19-9-5-2-6-10-19/h1-12,14,21-22,26H,13,15-17H2,(H,27,28). The molecule has 0 amide bonds. The average Bonchev–Trinajstić information content (AvgIpc) is 3.29. The van der Waals surface area contributed by atoms with Crippen molar-refractivity contribution in [2.75, 3.05) is 6.54 Å². The molecule has 1 fully saturated rings. The highest BCUT2D eigenvalue weighted by molar-refractivity contribution is 5.70. The molecule has 3 aromatic carbocycles. The zero-order chi connectivity index (χ0) is 20.8. The van der Waals surface area contributed by atoms with Gasteiger partial charge in [0.2, 0.25) is 0 Å². The third kappa shape index (κ3) is 4.99. The monoisotopic (exact) mass is 403 g/mol. The van der Waals surface area contributed by atoms with Crippen molar-refractivity contribution in [3.8, 4) is 11.5 Å². The first-order valence-electron chi connectivity index (χ1n) is 10.1. The summed E-state index contributed by atoms with van der Waals surface area (Å²) < 4.78 is 12.2. The summed E-state index contributed by atoms with van der Waals surface area (Å²) in [5.41, 5.74) is 3.16. The molecule has 4 rings (SSSR count). The van der Waals surface area contributed by atoms with Crippen molar-refractivity contribution in [2.24, 2.45) is 5.92 Å². The van der Waals surface area contributed by atoms with Crippen molar-refractivity contribution < 1.29 is 19.4 Å². The molecule has 1 saturated heterocycles. The maximum absolute atomic E-state index is 11.3. The Hall–Kier alpha value is -3.31. The second-order valence-corrected chi connectivity index (χ2v) is 7.49. The number of carboxylic acids is 1. The first-order valence-corrected chi connectivity index (χ1v) is 10.1. The fraction of sp³-hybridized carbons (Fsp3) is 0.240. The van der Waals surface area contributed by atoms with Gasteiger partial charge in [-0.25, -0.2) is 0 Å². The van der Waals surface area contributed by atoms with Crippen molar-refractivity contribution in [3.05, 3.63) is 95.6 Å². The molecule has 154 valence electrons. The van der Waals surface area contributed by atoms with Crippen LogP contribution in [0, 0.1) is 5.92 Å². The van der Waals surface area contributed by atoms with Gasteiger partial charge in [-0.2, -0.15) is 0 Å². The maximum Gasteiger partial charge on any atom is 0.307 e. The number of carboxylic acid groups (broad SMARTS) is 1. The Morgan fingerprint density at radius 3 is 2.03 bits per heavy atom. The number of nitrogens with one attached hydrogen (secondary N) is 1. The SMILES string of the molecule is O=C(O)C1CNC(c2ccc(OCc3ccccc3)c(OCc3ccccc3)c2)C1. The molecule has 1 aliphatic heterocycles. The van der Waals surface area contributed by atoms with E-state index in [0.29, 0.717) is 37.7 Å². The normalized spacial score (nSPS) is 18.1. The minimum absolute atomic E-state index is 0.00616. The van der Waals surface area contributed by atoms with Gasteiger partial charge in [0.25, 0.3) is 0 Å². The zero-order valence-corrected chi connectivity index (χ0v) is 16.7. The smallest absolute Gasteiger partial charge is 0.307 e. The minimum atomic E-state index is -0.756. The quantitative estimate of drug-likeness (QED) is 0.576. The maximum atomic E-state index is 11.3. The summed E-state index contributed by atoms with van der Waals surface area (Å²) in [4.78, 5) is 11.3. The third-order valence-electron chi connectivity index (χ3n) is 5.32. The van der Waals surface area contributed by atoms with Gasteiger partial charge in [-0.15, -0.1) is 0 Å². The van der Waals surface area contributed by atoms with Gasteiger partial charge in [-0.05, 0) is 35.2 Å². The Morgan fingerprint density at radius 1 is 0.867 bits per heavy atom. The molecule has 0 aliphatic carbocycles. The van der Waals surface area contributed by atoms with E-state index >= 15 is 0 Å². The highest BCUT2D eigenvalue weighted by Gasteiger charge is 2.30. The minimum Gasteiger partial charge on any atom is -0.485 e. The van der Waals surface area contributed by atoms with E-state index in [0.717, 1.165) is 16.7 Å². The predicted octanol–water partition coefficient (Wildman–Crippen LogP) is 4.58. The van der Waals surface area contributed by atoms with Crippen LogP contribution in [-0.4, -0.2) is 17.6 Å². The lowest BCUT2D eigenvalue weighted by Crippen LogP contribution is -2.17. The number of hydrogen-bond acceptors (Lipinski definition) is 4. The van der Waals surface area contributed by atoms with Crippen molar-refractivity contribution in [1.82, 2.24) is 5.32 Å². The molecule has 2 N–H and O–H groups in total. The summed E-state index contributed by atoms with van der Waals surface area (Å²) in [5.74, 6) is 0.213. The van der Waals surface area contributed by atoms with E-state index in [1.807, 2.05) is 78.9 Å². The van der Waals surface area contributed by atoms with Crippen LogP contribution in [0.3, 0.4) is 0 Å². The van der Waals surface area contributed by atoms with Crippen molar-refractivity contribution in [3.63, 3.8) is 0 Å². The number of aliphatic carboxylic acids is 1. The van der Waals surface area contributed by atoms with Crippen LogP contribution >= 0.6 is 0 Å². The van der Waals surface area contributed by atoms with E-state index in [-0.39, 0.29) is 12.0 Å². The molecular formula is C25H25NO4. The van der Waals surface area contributed by atoms with Crippen LogP contribution in [0.25, 0.3) is 0 Å². The Morgan fingerprint density at radius 2 is 1.47 bits per heavy atom. The number of hydrogen-bond donors (Lipinski definition) is 2. The lowest BCUT2D eigenvalue weighted by Gasteiger charge is -2.17. The van der Waals surface area contributed by atoms with Crippen molar-refractivity contribution in [2.45, 2.75) is 25.7 Å². The van der Waals surface area contributed by atoms with Gasteiger partial charge >= 0.3 is 5.97 Å². The third-order valence-corrected chi connectivity index (χ3v) is 5.32. The van der Waals surface area contributed by atoms with E-state index in [4.69, 9.17) is 9.47 Å². The largest absolute Gasteiger partial charge is 0.485 e. The molecule has 3 aromatic rings. The van der Waals surface area contributed by atoms with Crippen LogP contribution in [0.15, 0.2) is 78.9 Å². The molecule has 0 saturated carbocycles. The fourth-order valence-corrected chi connectivity index (χ4v) is 3.62. The molecule has 0 aromatic heterocycles. The van der Waals surface area contributed by atoms with Crippen LogP contribution in [0.2, 0.25) is 0 Å². The van der Waals surface area contributed by atoms with Crippen molar-refractivity contribution in [1.29, 1.82) is 0 Å². The van der Waals surface area contributed by atoms with Crippen LogP contribution in [0.4, 0.5) is 0 Å². The summed E-state index contributed by atoms with van der Waals surface area (Å²) in [6.07, 6.45) is 0.567. The molecule has 5 heteroatoms. The Balaban J connectivity index is 1.52. The molecule has 0 bridgehead atoms. The second-order valence-electron chi connectivity index (χ2n) is 7.49. The van der Waals surface area contributed by atoms with Gasteiger partial charge in [0, 0.05) is 12.6 Å². The molecule has 5 nitrogen and oxygen atoms in total. The molecule has 2 unspecified atom stereocenters. The average molecular weight is 403 g/mol.